The zero-order valence-corrected chi connectivity index (χ0v) is 20.0. The number of aromatic nitrogens is 1. The predicted octanol–water partition coefficient (Wildman–Crippen LogP) is 3.73. The molecule has 3 aliphatic rings. The molecule has 34 heavy (non-hydrogen) atoms. The Balaban J connectivity index is 1.28. The highest BCUT2D eigenvalue weighted by Gasteiger charge is 2.33. The standard InChI is InChI=1S/C26H33N3O5/c1-3-32-25-18(2)14-20(16-27-25)29-10-13-33-24-5-4-21(15-23(24)29)34-22-6-9-28(17-22)26(30)19-7-11-31-12-8-19/h4-5,14-16,19,22H,3,6-13,17H2,1-2H3. The maximum atomic E-state index is 12.9. The molecule has 0 bridgehead atoms. The van der Waals surface area contributed by atoms with Gasteiger partial charge in [0, 0.05) is 43.7 Å². The maximum Gasteiger partial charge on any atom is 0.225 e. The third-order valence-electron chi connectivity index (χ3n) is 6.73. The Hall–Kier alpha value is -3.00. The second-order valence-corrected chi connectivity index (χ2v) is 9.08. The van der Waals surface area contributed by atoms with Crippen LogP contribution in [0.1, 0.15) is 31.7 Å². The van der Waals surface area contributed by atoms with Gasteiger partial charge in [-0.05, 0) is 44.9 Å². The summed E-state index contributed by atoms with van der Waals surface area (Å²) in [6.45, 7) is 8.63. The number of aryl methyl sites for hydroxylation is 1. The van der Waals surface area contributed by atoms with Crippen LogP contribution in [0.3, 0.4) is 0 Å². The third kappa shape index (κ3) is 4.78. The monoisotopic (exact) mass is 467 g/mol. The molecule has 0 saturated carbocycles. The van der Waals surface area contributed by atoms with Crippen LogP contribution in [0.25, 0.3) is 0 Å². The van der Waals surface area contributed by atoms with Crippen molar-refractivity contribution in [2.75, 3.05) is 51.0 Å². The summed E-state index contributed by atoms with van der Waals surface area (Å²) in [7, 11) is 0. The number of likely N-dealkylation sites (tertiary alicyclic amines) is 1. The lowest BCUT2D eigenvalue weighted by atomic mass is 9.99. The number of anilines is 2. The predicted molar refractivity (Wildman–Crippen MR) is 128 cm³/mol. The number of hydrogen-bond donors (Lipinski definition) is 0. The van der Waals surface area contributed by atoms with Crippen LogP contribution in [-0.4, -0.2) is 68.0 Å². The Labute approximate surface area is 200 Å². The smallest absolute Gasteiger partial charge is 0.225 e. The van der Waals surface area contributed by atoms with Gasteiger partial charge in [0.05, 0.1) is 37.3 Å². The van der Waals surface area contributed by atoms with Gasteiger partial charge in [-0.25, -0.2) is 4.98 Å². The Morgan fingerprint density at radius 1 is 1.15 bits per heavy atom. The summed E-state index contributed by atoms with van der Waals surface area (Å²) in [5.41, 5.74) is 2.96. The minimum absolute atomic E-state index is 0.00538. The molecule has 0 radical (unpaired) electrons. The van der Waals surface area contributed by atoms with Crippen LogP contribution in [0.15, 0.2) is 30.5 Å². The quantitative estimate of drug-likeness (QED) is 0.641. The fourth-order valence-electron chi connectivity index (χ4n) is 4.94. The van der Waals surface area contributed by atoms with Crippen molar-refractivity contribution >= 4 is 17.3 Å². The minimum atomic E-state index is -0.00538. The van der Waals surface area contributed by atoms with E-state index in [2.05, 4.69) is 16.0 Å². The highest BCUT2D eigenvalue weighted by Crippen LogP contribution is 2.40. The largest absolute Gasteiger partial charge is 0.490 e. The van der Waals surface area contributed by atoms with Crippen LogP contribution < -0.4 is 19.1 Å². The van der Waals surface area contributed by atoms with Crippen molar-refractivity contribution in [3.63, 3.8) is 0 Å². The van der Waals surface area contributed by atoms with Gasteiger partial charge in [-0.3, -0.25) is 4.79 Å². The van der Waals surface area contributed by atoms with E-state index in [-0.39, 0.29) is 17.9 Å². The number of ether oxygens (including phenoxy) is 4. The van der Waals surface area contributed by atoms with Crippen LogP contribution in [0.4, 0.5) is 11.4 Å². The van der Waals surface area contributed by atoms with Gasteiger partial charge in [-0.2, -0.15) is 0 Å². The highest BCUT2D eigenvalue weighted by atomic mass is 16.5. The van der Waals surface area contributed by atoms with Crippen molar-refractivity contribution < 1.29 is 23.7 Å². The molecule has 2 aromatic rings. The van der Waals surface area contributed by atoms with E-state index in [1.807, 2.05) is 43.1 Å². The molecule has 1 amide bonds. The van der Waals surface area contributed by atoms with Crippen molar-refractivity contribution in [2.24, 2.45) is 5.92 Å². The lowest BCUT2D eigenvalue weighted by molar-refractivity contribution is -0.137. The van der Waals surface area contributed by atoms with Crippen molar-refractivity contribution in [1.29, 1.82) is 0 Å². The van der Waals surface area contributed by atoms with Crippen molar-refractivity contribution in [2.45, 2.75) is 39.2 Å². The van der Waals surface area contributed by atoms with Crippen LogP contribution in [0.2, 0.25) is 0 Å². The topological polar surface area (TPSA) is 73.4 Å². The Morgan fingerprint density at radius 2 is 2.00 bits per heavy atom. The molecular weight excluding hydrogens is 434 g/mol. The van der Waals surface area contributed by atoms with E-state index in [0.29, 0.717) is 38.9 Å². The Kier molecular flexibility index (Phi) is 6.76. The zero-order chi connectivity index (χ0) is 23.5. The van der Waals surface area contributed by atoms with Gasteiger partial charge in [0.1, 0.15) is 24.2 Å². The van der Waals surface area contributed by atoms with Crippen molar-refractivity contribution in [3.05, 3.63) is 36.0 Å². The molecule has 0 N–H and O–H groups in total. The third-order valence-corrected chi connectivity index (χ3v) is 6.73. The summed E-state index contributed by atoms with van der Waals surface area (Å²) in [6, 6.07) is 8.04. The number of rotatable bonds is 6. The second kappa shape index (κ2) is 10.1. The van der Waals surface area contributed by atoms with E-state index >= 15 is 0 Å². The van der Waals surface area contributed by atoms with Gasteiger partial charge in [0.25, 0.3) is 0 Å². The molecule has 2 fully saturated rings. The van der Waals surface area contributed by atoms with E-state index in [1.165, 1.54) is 0 Å². The second-order valence-electron chi connectivity index (χ2n) is 9.08. The first kappa shape index (κ1) is 22.8. The highest BCUT2D eigenvalue weighted by molar-refractivity contribution is 5.79. The SMILES string of the molecule is CCOc1ncc(N2CCOc3ccc(OC4CCN(C(=O)C5CCOCC5)C4)cc32)cc1C. The molecule has 0 aliphatic carbocycles. The van der Waals surface area contributed by atoms with Crippen molar-refractivity contribution in [1.82, 2.24) is 9.88 Å². The number of amides is 1. The molecule has 1 unspecified atom stereocenters. The zero-order valence-electron chi connectivity index (χ0n) is 20.0. The molecule has 182 valence electrons. The molecule has 1 atom stereocenters. The van der Waals surface area contributed by atoms with Crippen LogP contribution >= 0.6 is 0 Å². The van der Waals surface area contributed by atoms with E-state index in [1.54, 1.807) is 0 Å². The average molecular weight is 468 g/mol. The van der Waals surface area contributed by atoms with Gasteiger partial charge in [-0.1, -0.05) is 0 Å². The number of pyridine rings is 1. The molecular formula is C26H33N3O5. The first-order valence-electron chi connectivity index (χ1n) is 12.3. The summed E-state index contributed by atoms with van der Waals surface area (Å²) in [5.74, 6) is 2.62. The minimum Gasteiger partial charge on any atom is -0.490 e. The van der Waals surface area contributed by atoms with Crippen LogP contribution in [0.5, 0.6) is 17.4 Å². The molecule has 5 rings (SSSR count). The van der Waals surface area contributed by atoms with E-state index < -0.39 is 0 Å². The lowest BCUT2D eigenvalue weighted by Gasteiger charge is -2.32. The molecule has 2 saturated heterocycles. The number of carbonyl (C=O) groups excluding carboxylic acids is 1. The number of hydrogen-bond acceptors (Lipinski definition) is 7. The van der Waals surface area contributed by atoms with Gasteiger partial charge in [0.15, 0.2) is 0 Å². The van der Waals surface area contributed by atoms with E-state index in [4.69, 9.17) is 18.9 Å². The van der Waals surface area contributed by atoms with Gasteiger partial charge < -0.3 is 28.7 Å². The summed E-state index contributed by atoms with van der Waals surface area (Å²) >= 11 is 0. The summed E-state index contributed by atoms with van der Waals surface area (Å²) in [5, 5.41) is 0. The summed E-state index contributed by atoms with van der Waals surface area (Å²) in [6.07, 6.45) is 4.32. The van der Waals surface area contributed by atoms with Gasteiger partial charge >= 0.3 is 0 Å². The maximum absolute atomic E-state index is 12.9. The Bertz CT molecular complexity index is 1020. The van der Waals surface area contributed by atoms with Gasteiger partial charge in [0.2, 0.25) is 11.8 Å². The normalized spacial score (nSPS) is 20.6. The van der Waals surface area contributed by atoms with Gasteiger partial charge in [-0.15, -0.1) is 0 Å². The number of fused-ring (bicyclic) bond motifs is 1. The molecule has 1 aromatic carbocycles. The molecule has 8 nitrogen and oxygen atoms in total. The summed E-state index contributed by atoms with van der Waals surface area (Å²) < 4.78 is 23.2. The Morgan fingerprint density at radius 3 is 2.79 bits per heavy atom. The molecule has 8 heteroatoms. The van der Waals surface area contributed by atoms with Crippen molar-refractivity contribution in [3.8, 4) is 17.4 Å². The molecule has 0 spiro atoms. The molecule has 4 heterocycles. The first-order chi connectivity index (χ1) is 16.6. The first-order valence-corrected chi connectivity index (χ1v) is 12.3. The number of carbonyl (C=O) groups is 1. The average Bonchev–Trinajstić information content (AvgIpc) is 3.33. The fourth-order valence-corrected chi connectivity index (χ4v) is 4.94. The molecule has 1 aromatic heterocycles. The van der Waals surface area contributed by atoms with Crippen LogP contribution in [0, 0.1) is 12.8 Å². The lowest BCUT2D eigenvalue weighted by Crippen LogP contribution is -2.38. The fraction of sp³-hybridized carbons (Fsp3) is 0.538. The molecule has 3 aliphatic heterocycles. The summed E-state index contributed by atoms with van der Waals surface area (Å²) in [4.78, 5) is 21.5. The number of benzene rings is 1. The van der Waals surface area contributed by atoms with E-state index in [0.717, 1.165) is 60.8 Å². The number of nitrogens with zero attached hydrogens (tertiary/aromatic N) is 3. The van der Waals surface area contributed by atoms with E-state index in [9.17, 15) is 4.79 Å². The van der Waals surface area contributed by atoms with Crippen LogP contribution in [-0.2, 0) is 9.53 Å².